The summed E-state index contributed by atoms with van der Waals surface area (Å²) < 4.78 is 4.80. The molecule has 2 aliphatic rings. The summed E-state index contributed by atoms with van der Waals surface area (Å²) in [6, 6.07) is -0.241. The van der Waals surface area contributed by atoms with Crippen molar-refractivity contribution < 1.29 is 9.53 Å². The van der Waals surface area contributed by atoms with Crippen LogP contribution in [0.3, 0.4) is 0 Å². The molecule has 0 aliphatic carbocycles. The average Bonchev–Trinajstić information content (AvgIpc) is 2.09. The van der Waals surface area contributed by atoms with Gasteiger partial charge in [-0.15, -0.1) is 0 Å². The molecule has 0 saturated carbocycles. The fourth-order valence-corrected chi connectivity index (χ4v) is 0.766. The lowest BCUT2D eigenvalue weighted by Crippen LogP contribution is -2.59. The van der Waals surface area contributed by atoms with Gasteiger partial charge in [0.05, 0.1) is 0 Å². The van der Waals surface area contributed by atoms with Gasteiger partial charge in [-0.05, 0) is 0 Å². The molecule has 2 aliphatic heterocycles. The fraction of sp³-hybridized carbons (Fsp3) is 0.500. The zero-order valence-corrected chi connectivity index (χ0v) is 4.00. The van der Waals surface area contributed by atoms with Crippen molar-refractivity contribution in [3.63, 3.8) is 0 Å². The van der Waals surface area contributed by atoms with Crippen LogP contribution in [0, 0.1) is 0 Å². The minimum absolute atomic E-state index is 0.0382. The Labute approximate surface area is 45.5 Å². The van der Waals surface area contributed by atoms with Gasteiger partial charge in [-0.2, -0.15) is 0 Å². The molecule has 4 nitrogen and oxygen atoms in total. The number of ether oxygens (including phenoxy) is 1. The molecule has 0 radical (unpaired) electrons. The van der Waals surface area contributed by atoms with E-state index in [1.165, 1.54) is 6.40 Å². The van der Waals surface area contributed by atoms with Crippen LogP contribution in [-0.2, 0) is 9.53 Å². The number of carbonyl (C=O) groups excluding carboxylic acids is 1. The van der Waals surface area contributed by atoms with Gasteiger partial charge < -0.3 is 10.1 Å². The van der Waals surface area contributed by atoms with Crippen LogP contribution in [0.2, 0.25) is 0 Å². The Balaban J connectivity index is 2.21. The molecule has 0 aromatic rings. The molecule has 4 heteroatoms. The number of hydrogen-bond acceptors (Lipinski definition) is 3. The van der Waals surface area contributed by atoms with Gasteiger partial charge in [0.25, 0.3) is 5.91 Å². The zero-order chi connectivity index (χ0) is 5.56. The van der Waals surface area contributed by atoms with Crippen LogP contribution in [0.1, 0.15) is 0 Å². The standard InChI is InChI=1S/C4H4N2O2/c7-3-2-4(6-3)8-1-5-2/h1-2,4H,(H,6,7). The first-order valence-electron chi connectivity index (χ1n) is 2.35. The third-order valence-electron chi connectivity index (χ3n) is 1.27. The van der Waals surface area contributed by atoms with Crippen LogP contribution in [0.4, 0.5) is 0 Å². The van der Waals surface area contributed by atoms with Gasteiger partial charge in [-0.3, -0.25) is 4.79 Å². The van der Waals surface area contributed by atoms with Crippen LogP contribution >= 0.6 is 0 Å². The van der Waals surface area contributed by atoms with Crippen molar-refractivity contribution in [2.45, 2.75) is 12.3 Å². The number of fused-ring (bicyclic) bond motifs is 1. The molecular formula is C4H4N2O2. The number of aliphatic imine (C=N–C) groups is 1. The summed E-state index contributed by atoms with van der Waals surface area (Å²) >= 11 is 0. The van der Waals surface area contributed by atoms with E-state index < -0.39 is 0 Å². The van der Waals surface area contributed by atoms with E-state index in [0.717, 1.165) is 0 Å². The molecule has 42 valence electrons. The molecule has 2 heterocycles. The van der Waals surface area contributed by atoms with Gasteiger partial charge >= 0.3 is 0 Å². The lowest BCUT2D eigenvalue weighted by molar-refractivity contribution is -0.135. The van der Waals surface area contributed by atoms with Crippen molar-refractivity contribution in [2.75, 3.05) is 0 Å². The van der Waals surface area contributed by atoms with E-state index in [0.29, 0.717) is 0 Å². The topological polar surface area (TPSA) is 50.7 Å². The maximum atomic E-state index is 10.4. The summed E-state index contributed by atoms with van der Waals surface area (Å²) in [6.07, 6.45) is 1.16. The second-order valence-electron chi connectivity index (χ2n) is 1.76. The van der Waals surface area contributed by atoms with Crippen molar-refractivity contribution in [3.8, 4) is 0 Å². The third-order valence-corrected chi connectivity index (χ3v) is 1.27. The maximum absolute atomic E-state index is 10.4. The number of hydrogen-bond donors (Lipinski definition) is 1. The molecule has 8 heavy (non-hydrogen) atoms. The van der Waals surface area contributed by atoms with Gasteiger partial charge in [0.15, 0.2) is 12.4 Å². The first kappa shape index (κ1) is 3.88. The molecule has 2 atom stereocenters. The molecule has 1 fully saturated rings. The minimum Gasteiger partial charge on any atom is -0.458 e. The van der Waals surface area contributed by atoms with E-state index >= 15 is 0 Å². The number of carbonyl (C=O) groups is 1. The molecule has 0 spiro atoms. The van der Waals surface area contributed by atoms with E-state index in [1.807, 2.05) is 0 Å². The molecule has 0 aromatic carbocycles. The highest BCUT2D eigenvalue weighted by Gasteiger charge is 2.43. The van der Waals surface area contributed by atoms with E-state index in [4.69, 9.17) is 4.74 Å². The SMILES string of the molecule is O=C1NC2OC=NC12. The molecule has 0 bridgehead atoms. The van der Waals surface area contributed by atoms with Gasteiger partial charge in [0.2, 0.25) is 6.23 Å². The fourth-order valence-electron chi connectivity index (χ4n) is 0.766. The molecule has 1 N–H and O–H groups in total. The second kappa shape index (κ2) is 1.02. The minimum atomic E-state index is -0.241. The van der Waals surface area contributed by atoms with Crippen LogP contribution in [-0.4, -0.2) is 24.6 Å². The highest BCUT2D eigenvalue weighted by atomic mass is 16.5. The number of nitrogens with one attached hydrogen (secondary N) is 1. The Morgan fingerprint density at radius 1 is 1.88 bits per heavy atom. The number of nitrogens with zero attached hydrogens (tertiary/aromatic N) is 1. The van der Waals surface area contributed by atoms with Crippen LogP contribution in [0.15, 0.2) is 4.99 Å². The number of rotatable bonds is 0. The monoisotopic (exact) mass is 112 g/mol. The first-order chi connectivity index (χ1) is 3.88. The number of amides is 1. The number of β-lactam (4-membered cyclic amide) rings is 1. The van der Waals surface area contributed by atoms with E-state index in [2.05, 4.69) is 10.3 Å². The van der Waals surface area contributed by atoms with Crippen molar-refractivity contribution >= 4 is 12.3 Å². The normalized spacial score (nSPS) is 39.8. The van der Waals surface area contributed by atoms with E-state index in [1.54, 1.807) is 0 Å². The highest BCUT2D eigenvalue weighted by molar-refractivity contribution is 5.91. The Hall–Kier alpha value is -1.06. The van der Waals surface area contributed by atoms with Crippen molar-refractivity contribution in [3.05, 3.63) is 0 Å². The van der Waals surface area contributed by atoms with Crippen molar-refractivity contribution in [1.82, 2.24) is 5.32 Å². The Morgan fingerprint density at radius 3 is 3.25 bits per heavy atom. The van der Waals surface area contributed by atoms with Crippen LogP contribution < -0.4 is 5.32 Å². The Morgan fingerprint density at radius 2 is 2.75 bits per heavy atom. The quantitative estimate of drug-likeness (QED) is 0.403. The van der Waals surface area contributed by atoms with Crippen LogP contribution in [0.5, 0.6) is 0 Å². The molecular weight excluding hydrogens is 108 g/mol. The molecule has 1 saturated heterocycles. The lowest BCUT2D eigenvalue weighted by Gasteiger charge is -2.26. The Kier molecular flexibility index (Phi) is 0.494. The predicted molar refractivity (Wildman–Crippen MR) is 25.3 cm³/mol. The highest BCUT2D eigenvalue weighted by Crippen LogP contribution is 2.14. The lowest BCUT2D eigenvalue weighted by atomic mass is 10.1. The van der Waals surface area contributed by atoms with Gasteiger partial charge in [-0.25, -0.2) is 4.99 Å². The predicted octanol–water partition coefficient (Wildman–Crippen LogP) is -1.13. The summed E-state index contributed by atoms with van der Waals surface area (Å²) in [5.41, 5.74) is 0. The summed E-state index contributed by atoms with van der Waals surface area (Å²) in [6.45, 7) is 0. The zero-order valence-electron chi connectivity index (χ0n) is 4.00. The summed E-state index contributed by atoms with van der Waals surface area (Å²) in [7, 11) is 0. The Bertz CT molecular complexity index is 165. The summed E-state index contributed by atoms with van der Waals surface area (Å²) in [5, 5.41) is 2.52. The smallest absolute Gasteiger partial charge is 0.253 e. The van der Waals surface area contributed by atoms with Gasteiger partial charge in [0, 0.05) is 0 Å². The average molecular weight is 112 g/mol. The van der Waals surface area contributed by atoms with Crippen LogP contribution in [0.25, 0.3) is 0 Å². The van der Waals surface area contributed by atoms with Crippen molar-refractivity contribution in [2.24, 2.45) is 4.99 Å². The summed E-state index contributed by atoms with van der Waals surface area (Å²) in [4.78, 5) is 14.1. The maximum Gasteiger partial charge on any atom is 0.253 e. The van der Waals surface area contributed by atoms with Gasteiger partial charge in [0.1, 0.15) is 0 Å². The molecule has 1 amide bonds. The van der Waals surface area contributed by atoms with E-state index in [9.17, 15) is 4.79 Å². The van der Waals surface area contributed by atoms with Gasteiger partial charge in [-0.1, -0.05) is 0 Å². The molecule has 2 unspecified atom stereocenters. The molecule has 2 rings (SSSR count). The van der Waals surface area contributed by atoms with Crippen molar-refractivity contribution in [1.29, 1.82) is 0 Å². The third kappa shape index (κ3) is 0.267. The first-order valence-corrected chi connectivity index (χ1v) is 2.35. The largest absolute Gasteiger partial charge is 0.458 e. The van der Waals surface area contributed by atoms with E-state index in [-0.39, 0.29) is 18.2 Å². The molecule has 0 aromatic heterocycles. The summed E-state index contributed by atoms with van der Waals surface area (Å²) in [5.74, 6) is -0.0382. The second-order valence-corrected chi connectivity index (χ2v) is 1.76.